The van der Waals surface area contributed by atoms with Gasteiger partial charge in [-0.15, -0.1) is 11.3 Å². The van der Waals surface area contributed by atoms with Crippen LogP contribution in [0.3, 0.4) is 0 Å². The van der Waals surface area contributed by atoms with Crippen molar-refractivity contribution in [2.45, 2.75) is 56.3 Å². The van der Waals surface area contributed by atoms with Crippen LogP contribution in [0.25, 0.3) is 0 Å². The second-order valence-corrected chi connectivity index (χ2v) is 10.7. The number of nitrogens with one attached hydrogen (secondary N) is 2. The molecule has 3 rings (SSSR count). The maximum Gasteiger partial charge on any atom is 0.261 e. The molecule has 0 radical (unpaired) electrons. The third-order valence-electron chi connectivity index (χ3n) is 6.29. The van der Waals surface area contributed by atoms with Crippen molar-refractivity contribution in [2.75, 3.05) is 25.1 Å². The Labute approximate surface area is 221 Å². The lowest BCUT2D eigenvalue weighted by molar-refractivity contribution is -0.311. The molecule has 202 valence electrons. The Kier molecular flexibility index (Phi) is 9.92. The molecular weight excluding hydrogens is 524 g/mol. The van der Waals surface area contributed by atoms with Crippen LogP contribution < -0.4 is 20.8 Å². The monoisotopic (exact) mass is 552 g/mol. The second kappa shape index (κ2) is 12.9. The van der Waals surface area contributed by atoms with Crippen LogP contribution in [0.2, 0.25) is 0 Å². The maximum absolute atomic E-state index is 12.8. The molecule has 1 aromatic heterocycles. The zero-order chi connectivity index (χ0) is 27.1. The summed E-state index contributed by atoms with van der Waals surface area (Å²) in [6.07, 6.45) is 1.59. The molecule has 2 saturated heterocycles. The molecule has 3 heterocycles. The summed E-state index contributed by atoms with van der Waals surface area (Å²) in [5.74, 6) is -4.25. The van der Waals surface area contributed by atoms with Gasteiger partial charge >= 0.3 is 0 Å². The van der Waals surface area contributed by atoms with Crippen LogP contribution >= 0.6 is 23.1 Å². The van der Waals surface area contributed by atoms with Gasteiger partial charge in [-0.1, -0.05) is 6.07 Å². The number of nitrogens with zero attached hydrogens (tertiary/aromatic N) is 2. The minimum atomic E-state index is -1.43. The van der Waals surface area contributed by atoms with E-state index in [4.69, 9.17) is 0 Å². The average molecular weight is 553 g/mol. The zero-order valence-corrected chi connectivity index (χ0v) is 21.8. The molecule has 2 aliphatic rings. The Hall–Kier alpha value is -3.13. The van der Waals surface area contributed by atoms with Crippen molar-refractivity contribution in [1.29, 1.82) is 0 Å². The summed E-state index contributed by atoms with van der Waals surface area (Å²) in [4.78, 5) is 75.5. The Morgan fingerprint density at radius 1 is 0.946 bits per heavy atom. The lowest BCUT2D eigenvalue weighted by Gasteiger charge is -2.26. The number of amides is 4. The number of carboxylic acids is 2. The van der Waals surface area contributed by atoms with Gasteiger partial charge in [-0.2, -0.15) is 11.8 Å². The highest BCUT2D eigenvalue weighted by atomic mass is 32.2. The SMILES string of the molecule is CSCC(=O)N[C@H]1C[C@@H](C(=O)[O-])N(C(=O)CCCC(=O)N2C[C@@H](NC(=O)c3cccs3)C[C@H]2C(=O)[O-])C1. The van der Waals surface area contributed by atoms with Crippen molar-refractivity contribution in [2.24, 2.45) is 0 Å². The van der Waals surface area contributed by atoms with E-state index < -0.39 is 47.9 Å². The Bertz CT molecular complexity index is 1030. The molecule has 0 aromatic carbocycles. The van der Waals surface area contributed by atoms with E-state index in [0.717, 1.165) is 9.80 Å². The lowest BCUT2D eigenvalue weighted by atomic mass is 10.1. The molecule has 4 amide bonds. The minimum Gasteiger partial charge on any atom is -0.548 e. The number of hydrogen-bond acceptors (Lipinski definition) is 10. The maximum atomic E-state index is 12.8. The van der Waals surface area contributed by atoms with Crippen LogP contribution in [0.15, 0.2) is 17.5 Å². The molecule has 0 bridgehead atoms. The topological polar surface area (TPSA) is 179 Å². The number of carbonyl (C=O) groups excluding carboxylic acids is 6. The van der Waals surface area contributed by atoms with Crippen molar-refractivity contribution in [1.82, 2.24) is 20.4 Å². The van der Waals surface area contributed by atoms with Gasteiger partial charge in [0, 0.05) is 38.0 Å². The molecular formula is C23H28N4O8S2-2. The van der Waals surface area contributed by atoms with E-state index in [2.05, 4.69) is 10.6 Å². The summed E-state index contributed by atoms with van der Waals surface area (Å²) in [6, 6.07) is -0.108. The third kappa shape index (κ3) is 7.44. The zero-order valence-electron chi connectivity index (χ0n) is 20.2. The summed E-state index contributed by atoms with van der Waals surface area (Å²) >= 11 is 2.56. The molecule has 37 heavy (non-hydrogen) atoms. The highest BCUT2D eigenvalue weighted by molar-refractivity contribution is 7.99. The van der Waals surface area contributed by atoms with E-state index in [1.807, 2.05) is 0 Å². The Morgan fingerprint density at radius 3 is 1.95 bits per heavy atom. The van der Waals surface area contributed by atoms with Gasteiger partial charge in [0.25, 0.3) is 5.91 Å². The van der Waals surface area contributed by atoms with Crippen molar-refractivity contribution < 1.29 is 39.0 Å². The number of carbonyl (C=O) groups is 6. The average Bonchev–Trinajstić information content (AvgIpc) is 3.58. The van der Waals surface area contributed by atoms with Crippen molar-refractivity contribution in [3.05, 3.63) is 22.4 Å². The van der Waals surface area contributed by atoms with E-state index in [0.29, 0.717) is 4.88 Å². The second-order valence-electron chi connectivity index (χ2n) is 8.93. The molecule has 4 atom stereocenters. The molecule has 14 heteroatoms. The number of thiophene rings is 1. The quantitative estimate of drug-likeness (QED) is 0.302. The third-order valence-corrected chi connectivity index (χ3v) is 7.71. The van der Waals surface area contributed by atoms with Gasteiger partial charge in [0.05, 0.1) is 34.7 Å². The van der Waals surface area contributed by atoms with E-state index in [1.165, 1.54) is 23.1 Å². The fourth-order valence-corrected chi connectivity index (χ4v) is 5.59. The van der Waals surface area contributed by atoms with Crippen molar-refractivity contribution in [3.63, 3.8) is 0 Å². The van der Waals surface area contributed by atoms with Crippen molar-refractivity contribution >= 4 is 58.7 Å². The van der Waals surface area contributed by atoms with Gasteiger partial charge in [0.2, 0.25) is 17.7 Å². The number of likely N-dealkylation sites (tertiary alicyclic amines) is 2. The van der Waals surface area contributed by atoms with Gasteiger partial charge in [0.15, 0.2) is 0 Å². The molecule has 1 aromatic rings. The van der Waals surface area contributed by atoms with Crippen LogP contribution in [0.4, 0.5) is 0 Å². The summed E-state index contributed by atoms with van der Waals surface area (Å²) in [6.45, 7) is 0.0227. The predicted molar refractivity (Wildman–Crippen MR) is 130 cm³/mol. The highest BCUT2D eigenvalue weighted by Crippen LogP contribution is 2.22. The van der Waals surface area contributed by atoms with Gasteiger partial charge in [-0.05, 0) is 37.0 Å². The first-order valence-corrected chi connectivity index (χ1v) is 14.0. The molecule has 0 saturated carbocycles. The van der Waals surface area contributed by atoms with Gasteiger partial charge in [-0.25, -0.2) is 0 Å². The molecule has 2 fully saturated rings. The summed E-state index contributed by atoms with van der Waals surface area (Å²) in [7, 11) is 0. The van der Waals surface area contributed by atoms with E-state index in [1.54, 1.807) is 23.8 Å². The van der Waals surface area contributed by atoms with Crippen LogP contribution in [0, 0.1) is 0 Å². The molecule has 2 N–H and O–H groups in total. The van der Waals surface area contributed by atoms with Gasteiger partial charge in [0.1, 0.15) is 0 Å². The van der Waals surface area contributed by atoms with E-state index in [9.17, 15) is 39.0 Å². The molecule has 12 nitrogen and oxygen atoms in total. The van der Waals surface area contributed by atoms with E-state index in [-0.39, 0.29) is 62.8 Å². The Morgan fingerprint density at radius 2 is 1.49 bits per heavy atom. The normalized spacial score (nSPS) is 23.1. The number of thioether (sulfide) groups is 1. The van der Waals surface area contributed by atoms with Crippen molar-refractivity contribution in [3.8, 4) is 0 Å². The molecule has 0 spiro atoms. The number of hydrogen-bond donors (Lipinski definition) is 2. The molecule has 0 aliphatic carbocycles. The molecule has 2 aliphatic heterocycles. The summed E-state index contributed by atoms with van der Waals surface area (Å²) in [5.41, 5.74) is 0. The fourth-order valence-electron chi connectivity index (χ4n) is 4.62. The van der Waals surface area contributed by atoms with E-state index >= 15 is 0 Å². The molecule has 0 unspecified atom stereocenters. The largest absolute Gasteiger partial charge is 0.548 e. The smallest absolute Gasteiger partial charge is 0.261 e. The van der Waals surface area contributed by atoms with Gasteiger partial charge in [-0.3, -0.25) is 19.2 Å². The van der Waals surface area contributed by atoms with Crippen LogP contribution in [-0.2, 0) is 24.0 Å². The fraction of sp³-hybridized carbons (Fsp3) is 0.565. The highest BCUT2D eigenvalue weighted by Gasteiger charge is 2.38. The standard InChI is InChI=1S/C23H30N4O8S2/c1-36-12-18(28)24-13-8-15(22(32)33)26(10-13)19(29)5-2-6-20(30)27-11-14(9-16(27)23(34)35)25-21(31)17-4-3-7-37-17/h3-4,7,13-16H,2,5-6,8-12H2,1H3,(H,24,28)(H,25,31)(H,32,33)(H,34,35)/p-2/t13-,14-,15-,16-/m0/s1. The minimum absolute atomic E-state index is 0.00114. The summed E-state index contributed by atoms with van der Waals surface area (Å²) < 4.78 is 0. The first-order valence-electron chi connectivity index (χ1n) is 11.7. The number of aliphatic carboxylic acids is 2. The van der Waals surface area contributed by atoms with Crippen LogP contribution in [-0.4, -0.2) is 94.6 Å². The van der Waals surface area contributed by atoms with Crippen LogP contribution in [0.1, 0.15) is 41.8 Å². The van der Waals surface area contributed by atoms with Gasteiger partial charge < -0.3 is 40.2 Å². The predicted octanol–water partition coefficient (Wildman–Crippen LogP) is -2.43. The number of rotatable bonds is 11. The van der Waals surface area contributed by atoms with Crippen LogP contribution in [0.5, 0.6) is 0 Å². The first kappa shape index (κ1) is 28.4. The first-order chi connectivity index (χ1) is 17.6. The lowest BCUT2D eigenvalue weighted by Crippen LogP contribution is -2.47. The Balaban J connectivity index is 1.51. The number of carboxylic acid groups (broad SMARTS) is 2. The summed E-state index contributed by atoms with van der Waals surface area (Å²) in [5, 5.41) is 30.3.